The molecule has 1 aliphatic heterocycles. The summed E-state index contributed by atoms with van der Waals surface area (Å²) >= 11 is 0. The molecule has 2 aromatic rings. The molecular weight excluding hydrogens is 362 g/mol. The van der Waals surface area contributed by atoms with Crippen LogP contribution in [0.3, 0.4) is 0 Å². The first kappa shape index (κ1) is 18.3. The number of likely N-dealkylation sites (tertiary alicyclic amines) is 1. The lowest BCUT2D eigenvalue weighted by molar-refractivity contribution is 0.0794. The quantitative estimate of drug-likeness (QED) is 0.885. The van der Waals surface area contributed by atoms with Gasteiger partial charge in [-0.2, -0.15) is 0 Å². The molecule has 0 saturated carbocycles. The van der Waals surface area contributed by atoms with Crippen LogP contribution in [0.5, 0.6) is 0 Å². The van der Waals surface area contributed by atoms with E-state index in [9.17, 15) is 22.0 Å². The third kappa shape index (κ3) is 3.55. The number of carbonyl (C=O) groups is 1. The van der Waals surface area contributed by atoms with E-state index in [1.165, 1.54) is 6.07 Å². The number of anilines is 1. The number of rotatable bonds is 4. The van der Waals surface area contributed by atoms with Crippen molar-refractivity contribution in [2.24, 2.45) is 0 Å². The van der Waals surface area contributed by atoms with E-state index in [4.69, 9.17) is 0 Å². The summed E-state index contributed by atoms with van der Waals surface area (Å²) < 4.78 is 54.7. The minimum atomic E-state index is -4.40. The van der Waals surface area contributed by atoms with E-state index in [-0.39, 0.29) is 17.2 Å². The van der Waals surface area contributed by atoms with Gasteiger partial charge < -0.3 is 4.90 Å². The van der Waals surface area contributed by atoms with Crippen molar-refractivity contribution in [3.8, 4) is 0 Å². The van der Waals surface area contributed by atoms with Crippen LogP contribution < -0.4 is 4.72 Å². The van der Waals surface area contributed by atoms with Gasteiger partial charge in [0.05, 0.1) is 11.3 Å². The highest BCUT2D eigenvalue weighted by molar-refractivity contribution is 7.92. The average molecular weight is 380 g/mol. The van der Waals surface area contributed by atoms with Crippen LogP contribution in [0.15, 0.2) is 41.3 Å². The van der Waals surface area contributed by atoms with Crippen LogP contribution in [0.25, 0.3) is 0 Å². The number of aryl methyl sites for hydroxylation is 1. The molecule has 3 rings (SSSR count). The maximum absolute atomic E-state index is 13.9. The second kappa shape index (κ2) is 7.03. The summed E-state index contributed by atoms with van der Waals surface area (Å²) in [6, 6.07) is 7.01. The zero-order chi connectivity index (χ0) is 18.9. The molecule has 0 aromatic heterocycles. The SMILES string of the molecule is Cc1cccc(C(=O)N2CCCC2)c1NS(=O)(=O)c1cc(F)ccc1F. The van der Waals surface area contributed by atoms with Crippen molar-refractivity contribution in [3.05, 3.63) is 59.2 Å². The largest absolute Gasteiger partial charge is 0.339 e. The number of halogens is 2. The van der Waals surface area contributed by atoms with Gasteiger partial charge in [0.1, 0.15) is 16.5 Å². The number of nitrogens with one attached hydrogen (secondary N) is 1. The Balaban J connectivity index is 2.01. The Labute approximate surface area is 150 Å². The molecule has 26 heavy (non-hydrogen) atoms. The monoisotopic (exact) mass is 380 g/mol. The van der Waals surface area contributed by atoms with Gasteiger partial charge in [-0.3, -0.25) is 9.52 Å². The third-order valence-corrected chi connectivity index (χ3v) is 5.68. The molecule has 2 aromatic carbocycles. The van der Waals surface area contributed by atoms with Gasteiger partial charge >= 0.3 is 0 Å². The number of para-hydroxylation sites is 1. The highest BCUT2D eigenvalue weighted by Gasteiger charge is 2.26. The lowest BCUT2D eigenvalue weighted by atomic mass is 10.1. The van der Waals surface area contributed by atoms with E-state index in [0.29, 0.717) is 24.7 Å². The molecule has 138 valence electrons. The zero-order valence-electron chi connectivity index (χ0n) is 14.1. The molecule has 1 fully saturated rings. The molecule has 5 nitrogen and oxygen atoms in total. The van der Waals surface area contributed by atoms with Gasteiger partial charge in [-0.05, 0) is 49.6 Å². The Kier molecular flexibility index (Phi) is 4.95. The first-order valence-electron chi connectivity index (χ1n) is 8.16. The number of benzene rings is 2. The predicted molar refractivity (Wildman–Crippen MR) is 93.5 cm³/mol. The van der Waals surface area contributed by atoms with Gasteiger partial charge in [0.25, 0.3) is 15.9 Å². The van der Waals surface area contributed by atoms with Gasteiger partial charge in [-0.15, -0.1) is 0 Å². The second-order valence-corrected chi connectivity index (χ2v) is 7.83. The average Bonchev–Trinajstić information content (AvgIpc) is 3.12. The van der Waals surface area contributed by atoms with E-state index in [1.807, 2.05) is 0 Å². The van der Waals surface area contributed by atoms with E-state index < -0.39 is 26.6 Å². The van der Waals surface area contributed by atoms with Crippen molar-refractivity contribution in [2.45, 2.75) is 24.7 Å². The minimum Gasteiger partial charge on any atom is -0.339 e. The Hall–Kier alpha value is -2.48. The maximum atomic E-state index is 13.9. The molecule has 8 heteroatoms. The lowest BCUT2D eigenvalue weighted by Gasteiger charge is -2.20. The summed E-state index contributed by atoms with van der Waals surface area (Å²) in [5.41, 5.74) is 0.774. The highest BCUT2D eigenvalue weighted by atomic mass is 32.2. The fraction of sp³-hybridized carbons (Fsp3) is 0.278. The number of hydrogen-bond acceptors (Lipinski definition) is 3. The lowest BCUT2D eigenvalue weighted by Crippen LogP contribution is -2.29. The van der Waals surface area contributed by atoms with Gasteiger partial charge in [0, 0.05) is 13.1 Å². The molecule has 0 unspecified atom stereocenters. The van der Waals surface area contributed by atoms with E-state index in [2.05, 4.69) is 4.72 Å². The first-order chi connectivity index (χ1) is 12.3. The fourth-order valence-electron chi connectivity index (χ4n) is 2.94. The van der Waals surface area contributed by atoms with E-state index >= 15 is 0 Å². The molecule has 1 heterocycles. The van der Waals surface area contributed by atoms with Crippen LogP contribution in [0.2, 0.25) is 0 Å². The summed E-state index contributed by atoms with van der Waals surface area (Å²) in [5.74, 6) is -2.23. The van der Waals surface area contributed by atoms with Crippen LogP contribution in [0, 0.1) is 18.6 Å². The molecule has 0 atom stereocenters. The molecule has 0 aliphatic carbocycles. The Morgan fingerprint density at radius 3 is 2.50 bits per heavy atom. The molecule has 0 spiro atoms. The first-order valence-corrected chi connectivity index (χ1v) is 9.64. The van der Waals surface area contributed by atoms with Crippen LogP contribution in [0.4, 0.5) is 14.5 Å². The van der Waals surface area contributed by atoms with Crippen molar-refractivity contribution in [1.29, 1.82) is 0 Å². The van der Waals surface area contributed by atoms with Crippen LogP contribution in [-0.4, -0.2) is 32.3 Å². The summed E-state index contributed by atoms with van der Waals surface area (Å²) in [6.07, 6.45) is 1.79. The van der Waals surface area contributed by atoms with Gasteiger partial charge in [-0.1, -0.05) is 12.1 Å². The van der Waals surface area contributed by atoms with Crippen molar-refractivity contribution >= 4 is 21.6 Å². The molecule has 1 saturated heterocycles. The number of nitrogens with zero attached hydrogens (tertiary/aromatic N) is 1. The van der Waals surface area contributed by atoms with Gasteiger partial charge in [0.2, 0.25) is 0 Å². The van der Waals surface area contributed by atoms with Crippen molar-refractivity contribution in [1.82, 2.24) is 4.90 Å². The Morgan fingerprint density at radius 1 is 1.12 bits per heavy atom. The molecule has 1 N–H and O–H groups in total. The van der Waals surface area contributed by atoms with Gasteiger partial charge in [0.15, 0.2) is 0 Å². The van der Waals surface area contributed by atoms with Crippen molar-refractivity contribution in [2.75, 3.05) is 17.8 Å². The molecule has 0 radical (unpaired) electrons. The van der Waals surface area contributed by atoms with E-state index in [1.54, 1.807) is 24.0 Å². The molecule has 1 amide bonds. The molecule has 0 bridgehead atoms. The Bertz CT molecular complexity index is 955. The number of amides is 1. The normalized spacial score (nSPS) is 14.5. The highest BCUT2D eigenvalue weighted by Crippen LogP contribution is 2.27. The number of carbonyl (C=O) groups excluding carboxylic acids is 1. The zero-order valence-corrected chi connectivity index (χ0v) is 14.9. The fourth-order valence-corrected chi connectivity index (χ4v) is 4.19. The second-order valence-electron chi connectivity index (χ2n) is 6.18. The minimum absolute atomic E-state index is 0.0769. The predicted octanol–water partition coefficient (Wildman–Crippen LogP) is 3.31. The van der Waals surface area contributed by atoms with E-state index in [0.717, 1.165) is 25.0 Å². The summed E-state index contributed by atoms with van der Waals surface area (Å²) in [7, 11) is -4.40. The summed E-state index contributed by atoms with van der Waals surface area (Å²) in [6.45, 7) is 2.86. The van der Waals surface area contributed by atoms with Crippen molar-refractivity contribution in [3.63, 3.8) is 0 Å². The maximum Gasteiger partial charge on any atom is 0.264 e. The van der Waals surface area contributed by atoms with Crippen LogP contribution in [-0.2, 0) is 10.0 Å². The number of sulfonamides is 1. The van der Waals surface area contributed by atoms with Gasteiger partial charge in [-0.25, -0.2) is 17.2 Å². The standard InChI is InChI=1S/C18H18F2N2O3S/c1-12-5-4-6-14(18(23)22-9-2-3-10-22)17(12)21-26(24,25)16-11-13(19)7-8-15(16)20/h4-8,11,21H,2-3,9-10H2,1H3. The van der Waals surface area contributed by atoms with Crippen LogP contribution in [0.1, 0.15) is 28.8 Å². The third-order valence-electron chi connectivity index (χ3n) is 4.32. The number of hydrogen-bond donors (Lipinski definition) is 1. The topological polar surface area (TPSA) is 66.5 Å². The summed E-state index contributed by atoms with van der Waals surface area (Å²) in [4.78, 5) is 13.6. The smallest absolute Gasteiger partial charge is 0.264 e. The molecular formula is C18H18F2N2O3S. The van der Waals surface area contributed by atoms with Crippen molar-refractivity contribution < 1.29 is 22.0 Å². The molecule has 1 aliphatic rings. The summed E-state index contributed by atoms with van der Waals surface area (Å²) in [5, 5.41) is 0. The van der Waals surface area contributed by atoms with Crippen LogP contribution >= 0.6 is 0 Å². The Morgan fingerprint density at radius 2 is 1.81 bits per heavy atom.